The minimum Gasteiger partial charge on any atom is -0.370 e. The summed E-state index contributed by atoms with van der Waals surface area (Å²) in [6.45, 7) is -0.0927. The third-order valence-corrected chi connectivity index (χ3v) is 5.61. The molecule has 2 N–H and O–H groups in total. The SMILES string of the molecule is NC(=O)CCN(c1ccccc1)S(=O)(=O)c1cc(Cl)ccc1Cl. The minimum absolute atomic E-state index is 0.0504. The molecule has 0 aromatic heterocycles. The molecule has 0 radical (unpaired) electrons. The van der Waals surface area contributed by atoms with Crippen LogP contribution in [-0.4, -0.2) is 20.9 Å². The molecule has 0 atom stereocenters. The molecule has 2 aromatic rings. The first kappa shape index (κ1) is 17.6. The van der Waals surface area contributed by atoms with Gasteiger partial charge >= 0.3 is 0 Å². The first-order chi connectivity index (χ1) is 10.8. The molecule has 0 unspecified atom stereocenters. The van der Waals surface area contributed by atoms with Crippen molar-refractivity contribution >= 4 is 44.8 Å². The number of benzene rings is 2. The summed E-state index contributed by atoms with van der Waals surface area (Å²) in [5, 5.41) is 0.297. The molecule has 0 saturated carbocycles. The molecule has 0 aliphatic carbocycles. The molecule has 5 nitrogen and oxygen atoms in total. The van der Waals surface area contributed by atoms with Crippen LogP contribution in [0.25, 0.3) is 0 Å². The fourth-order valence-electron chi connectivity index (χ4n) is 1.99. The Morgan fingerprint density at radius 3 is 2.35 bits per heavy atom. The highest BCUT2D eigenvalue weighted by atomic mass is 35.5. The Morgan fingerprint density at radius 1 is 1.09 bits per heavy atom. The number of primary amides is 1. The van der Waals surface area contributed by atoms with Crippen molar-refractivity contribution in [1.82, 2.24) is 0 Å². The van der Waals surface area contributed by atoms with E-state index in [1.54, 1.807) is 30.3 Å². The number of hydrogen-bond donors (Lipinski definition) is 1. The maximum absolute atomic E-state index is 12.9. The van der Waals surface area contributed by atoms with Gasteiger partial charge in [0.15, 0.2) is 0 Å². The predicted molar refractivity (Wildman–Crippen MR) is 91.2 cm³/mol. The molecule has 0 heterocycles. The zero-order chi connectivity index (χ0) is 17.0. The quantitative estimate of drug-likeness (QED) is 0.845. The Balaban J connectivity index is 2.52. The van der Waals surface area contributed by atoms with Crippen LogP contribution in [0, 0.1) is 0 Å². The molecule has 0 aliphatic heterocycles. The Kier molecular flexibility index (Phi) is 5.51. The Hall–Kier alpha value is -1.76. The number of hydrogen-bond acceptors (Lipinski definition) is 3. The highest BCUT2D eigenvalue weighted by molar-refractivity contribution is 7.93. The highest BCUT2D eigenvalue weighted by Crippen LogP contribution is 2.30. The molecular weight excluding hydrogens is 359 g/mol. The standard InChI is InChI=1S/C15H14Cl2N2O3S/c16-11-6-7-13(17)14(10-11)23(21,22)19(9-8-15(18)20)12-4-2-1-3-5-12/h1-7,10H,8-9H2,(H2,18,20). The molecule has 0 saturated heterocycles. The third-order valence-electron chi connectivity index (χ3n) is 3.07. The van der Waals surface area contributed by atoms with Crippen LogP contribution in [0.5, 0.6) is 0 Å². The molecular formula is C15H14Cl2N2O3S. The van der Waals surface area contributed by atoms with Crippen molar-refractivity contribution in [3.05, 3.63) is 58.6 Å². The van der Waals surface area contributed by atoms with E-state index in [9.17, 15) is 13.2 Å². The van der Waals surface area contributed by atoms with Crippen LogP contribution in [0.3, 0.4) is 0 Å². The van der Waals surface area contributed by atoms with Gasteiger partial charge in [-0.15, -0.1) is 0 Å². The molecule has 0 bridgehead atoms. The molecule has 8 heteroatoms. The Bertz CT molecular complexity index is 811. The van der Waals surface area contributed by atoms with E-state index in [-0.39, 0.29) is 27.9 Å². The van der Waals surface area contributed by atoms with Crippen molar-refractivity contribution < 1.29 is 13.2 Å². The van der Waals surface area contributed by atoms with Crippen LogP contribution < -0.4 is 10.0 Å². The van der Waals surface area contributed by atoms with Gasteiger partial charge < -0.3 is 5.73 Å². The third kappa shape index (κ3) is 4.16. The minimum atomic E-state index is -3.99. The topological polar surface area (TPSA) is 80.5 Å². The molecule has 2 rings (SSSR count). The summed E-state index contributed by atoms with van der Waals surface area (Å²) in [7, 11) is -3.99. The molecule has 122 valence electrons. The van der Waals surface area contributed by atoms with E-state index in [1.807, 2.05) is 0 Å². The van der Waals surface area contributed by atoms with Crippen molar-refractivity contribution in [1.29, 1.82) is 0 Å². The number of carbonyl (C=O) groups excluding carboxylic acids is 1. The first-order valence-electron chi connectivity index (χ1n) is 6.63. The van der Waals surface area contributed by atoms with Gasteiger partial charge in [-0.2, -0.15) is 0 Å². The van der Waals surface area contributed by atoms with Gasteiger partial charge in [0, 0.05) is 18.0 Å². The number of anilines is 1. The largest absolute Gasteiger partial charge is 0.370 e. The smallest absolute Gasteiger partial charge is 0.265 e. The van der Waals surface area contributed by atoms with Crippen molar-refractivity contribution in [3.63, 3.8) is 0 Å². The lowest BCUT2D eigenvalue weighted by Crippen LogP contribution is -2.34. The van der Waals surface area contributed by atoms with Crippen molar-refractivity contribution in [3.8, 4) is 0 Å². The second kappa shape index (κ2) is 7.21. The van der Waals surface area contributed by atoms with Crippen molar-refractivity contribution in [2.75, 3.05) is 10.8 Å². The van der Waals surface area contributed by atoms with Gasteiger partial charge in [0.25, 0.3) is 10.0 Å². The fourth-order valence-corrected chi connectivity index (χ4v) is 4.19. The molecule has 0 aliphatic rings. The molecule has 0 fully saturated rings. The summed E-state index contributed by atoms with van der Waals surface area (Å²) in [4.78, 5) is 10.9. The van der Waals surface area contributed by atoms with Crippen LogP contribution in [-0.2, 0) is 14.8 Å². The molecule has 23 heavy (non-hydrogen) atoms. The summed E-state index contributed by atoms with van der Waals surface area (Å²) in [6.07, 6.45) is -0.119. The van der Waals surface area contributed by atoms with E-state index in [4.69, 9.17) is 28.9 Å². The number of nitrogens with zero attached hydrogens (tertiary/aromatic N) is 1. The number of carbonyl (C=O) groups is 1. The number of nitrogens with two attached hydrogens (primary N) is 1. The van der Waals surface area contributed by atoms with Crippen LogP contribution in [0.4, 0.5) is 5.69 Å². The predicted octanol–water partition coefficient (Wildman–Crippen LogP) is 3.06. The van der Waals surface area contributed by atoms with Gasteiger partial charge in [0.05, 0.1) is 10.7 Å². The second-order valence-electron chi connectivity index (χ2n) is 4.70. The fraction of sp³-hybridized carbons (Fsp3) is 0.133. The van der Waals surface area contributed by atoms with Crippen molar-refractivity contribution in [2.45, 2.75) is 11.3 Å². The number of rotatable bonds is 6. The van der Waals surface area contributed by atoms with E-state index in [0.29, 0.717) is 5.69 Å². The van der Waals surface area contributed by atoms with E-state index in [2.05, 4.69) is 0 Å². The average molecular weight is 373 g/mol. The Morgan fingerprint density at radius 2 is 1.74 bits per heavy atom. The molecule has 2 aromatic carbocycles. The van der Waals surface area contributed by atoms with Gasteiger partial charge in [0.1, 0.15) is 4.90 Å². The summed E-state index contributed by atoms with van der Waals surface area (Å²) < 4.78 is 27.0. The van der Waals surface area contributed by atoms with Gasteiger partial charge in [-0.05, 0) is 30.3 Å². The summed E-state index contributed by atoms with van der Waals surface area (Å²) >= 11 is 11.9. The number of amides is 1. The highest BCUT2D eigenvalue weighted by Gasteiger charge is 2.27. The van der Waals surface area contributed by atoms with Gasteiger partial charge in [-0.1, -0.05) is 41.4 Å². The number of halogens is 2. The van der Waals surface area contributed by atoms with Gasteiger partial charge in [0.2, 0.25) is 5.91 Å². The molecule has 1 amide bonds. The molecule has 0 spiro atoms. The Labute approximate surface area is 144 Å². The van der Waals surface area contributed by atoms with Crippen molar-refractivity contribution in [2.24, 2.45) is 5.73 Å². The number of sulfonamides is 1. The lowest BCUT2D eigenvalue weighted by Gasteiger charge is -2.24. The summed E-state index contributed by atoms with van der Waals surface area (Å²) in [5.74, 6) is -0.599. The second-order valence-corrected chi connectivity index (χ2v) is 7.38. The normalized spacial score (nSPS) is 11.2. The summed E-state index contributed by atoms with van der Waals surface area (Å²) in [5.41, 5.74) is 5.55. The van der Waals surface area contributed by atoms with Crippen LogP contribution >= 0.6 is 23.2 Å². The van der Waals surface area contributed by atoms with Crippen LogP contribution in [0.15, 0.2) is 53.4 Å². The van der Waals surface area contributed by atoms with Gasteiger partial charge in [-0.25, -0.2) is 8.42 Å². The van der Waals surface area contributed by atoms with E-state index in [0.717, 1.165) is 4.31 Å². The zero-order valence-corrected chi connectivity index (χ0v) is 14.3. The van der Waals surface area contributed by atoms with Crippen LogP contribution in [0.2, 0.25) is 10.0 Å². The maximum atomic E-state index is 12.9. The maximum Gasteiger partial charge on any atom is 0.265 e. The van der Waals surface area contributed by atoms with E-state index in [1.165, 1.54) is 18.2 Å². The zero-order valence-electron chi connectivity index (χ0n) is 11.9. The lowest BCUT2D eigenvalue weighted by molar-refractivity contribution is -0.117. The summed E-state index contributed by atoms with van der Waals surface area (Å²) in [6, 6.07) is 12.6. The van der Waals surface area contributed by atoms with Gasteiger partial charge in [-0.3, -0.25) is 9.10 Å². The number of para-hydroxylation sites is 1. The first-order valence-corrected chi connectivity index (χ1v) is 8.83. The van der Waals surface area contributed by atoms with Crippen LogP contribution in [0.1, 0.15) is 6.42 Å². The monoisotopic (exact) mass is 372 g/mol. The lowest BCUT2D eigenvalue weighted by atomic mass is 10.3. The van der Waals surface area contributed by atoms with E-state index >= 15 is 0 Å². The average Bonchev–Trinajstić information content (AvgIpc) is 2.50. The van der Waals surface area contributed by atoms with E-state index < -0.39 is 15.9 Å².